The van der Waals surface area contributed by atoms with Crippen LogP contribution in [0.1, 0.15) is 24.5 Å². The summed E-state index contributed by atoms with van der Waals surface area (Å²) in [5.74, 6) is -0.125. The maximum absolute atomic E-state index is 11.4. The normalized spacial score (nSPS) is 29.5. The molecule has 0 radical (unpaired) electrons. The highest BCUT2D eigenvalue weighted by Crippen LogP contribution is 2.41. The van der Waals surface area contributed by atoms with Crippen molar-refractivity contribution in [2.45, 2.75) is 25.0 Å². The molecule has 2 aromatic rings. The van der Waals surface area contributed by atoms with Gasteiger partial charge in [-0.2, -0.15) is 0 Å². The van der Waals surface area contributed by atoms with Gasteiger partial charge in [0.2, 0.25) is 5.52 Å². The molecule has 3 aliphatic heterocycles. The summed E-state index contributed by atoms with van der Waals surface area (Å²) in [5, 5.41) is 21.4. The van der Waals surface area contributed by atoms with Crippen LogP contribution in [-0.2, 0) is 4.79 Å². The van der Waals surface area contributed by atoms with Gasteiger partial charge in [-0.05, 0) is 37.4 Å². The summed E-state index contributed by atoms with van der Waals surface area (Å²) >= 11 is 0. The fourth-order valence-electron chi connectivity index (χ4n) is 4.47. The van der Waals surface area contributed by atoms with E-state index in [2.05, 4.69) is 9.88 Å². The maximum Gasteiger partial charge on any atom is 0.308 e. The van der Waals surface area contributed by atoms with E-state index >= 15 is 0 Å². The third-order valence-electron chi connectivity index (χ3n) is 5.84. The summed E-state index contributed by atoms with van der Waals surface area (Å²) in [5.41, 5.74) is 1.80. The number of nitrogens with one attached hydrogen (secondary N) is 1. The number of benzene rings is 1. The fraction of sp³-hybridized carbons (Fsp3) is 0.474. The number of aromatic amines is 1. The van der Waals surface area contributed by atoms with Crippen molar-refractivity contribution in [3.63, 3.8) is 0 Å². The third-order valence-corrected chi connectivity index (χ3v) is 5.84. The number of pyridine rings is 1. The average molecular weight is 343 g/mol. The van der Waals surface area contributed by atoms with E-state index in [4.69, 9.17) is 4.74 Å². The van der Waals surface area contributed by atoms with Crippen LogP contribution in [0.25, 0.3) is 10.9 Å². The SMILES string of the molecule is COc1ccc2[nH+]ccc([C@H](O)[C@@H]3C[C@@H]4CCN3C[C@@H]4C(=O)O)c2c1. The Hall–Kier alpha value is -2.18. The lowest BCUT2D eigenvalue weighted by atomic mass is 9.73. The van der Waals surface area contributed by atoms with Crippen molar-refractivity contribution in [1.29, 1.82) is 0 Å². The van der Waals surface area contributed by atoms with Crippen molar-refractivity contribution in [3.05, 3.63) is 36.0 Å². The molecular formula is C19H23N2O4+. The molecule has 5 rings (SSSR count). The fourth-order valence-corrected chi connectivity index (χ4v) is 4.47. The number of fused-ring (bicyclic) bond motifs is 4. The number of aromatic nitrogens is 1. The van der Waals surface area contributed by atoms with Crippen LogP contribution in [0.2, 0.25) is 0 Å². The molecule has 0 spiro atoms. The van der Waals surface area contributed by atoms with Gasteiger partial charge >= 0.3 is 5.97 Å². The number of carboxylic acids is 1. The Labute approximate surface area is 146 Å². The number of hydrogen-bond acceptors (Lipinski definition) is 4. The first-order chi connectivity index (χ1) is 12.1. The monoisotopic (exact) mass is 343 g/mol. The molecule has 3 fully saturated rings. The molecule has 3 saturated heterocycles. The first-order valence-electron chi connectivity index (χ1n) is 8.71. The van der Waals surface area contributed by atoms with E-state index in [9.17, 15) is 15.0 Å². The molecule has 5 atom stereocenters. The van der Waals surface area contributed by atoms with E-state index in [1.54, 1.807) is 7.11 Å². The number of hydrogen-bond donors (Lipinski definition) is 2. The lowest BCUT2D eigenvalue weighted by Crippen LogP contribution is -2.57. The molecule has 6 nitrogen and oxygen atoms in total. The van der Waals surface area contributed by atoms with Crippen LogP contribution in [0.15, 0.2) is 30.5 Å². The van der Waals surface area contributed by atoms with Gasteiger partial charge in [0.25, 0.3) is 0 Å². The maximum atomic E-state index is 11.4. The summed E-state index contributed by atoms with van der Waals surface area (Å²) in [6.07, 6.45) is 2.81. The molecule has 3 N–H and O–H groups in total. The molecule has 132 valence electrons. The van der Waals surface area contributed by atoms with Crippen molar-refractivity contribution in [1.82, 2.24) is 4.90 Å². The Kier molecular flexibility index (Phi) is 4.09. The van der Waals surface area contributed by atoms with Crippen molar-refractivity contribution in [2.24, 2.45) is 11.8 Å². The highest BCUT2D eigenvalue weighted by molar-refractivity contribution is 5.81. The Morgan fingerprint density at radius 3 is 2.92 bits per heavy atom. The molecule has 1 aromatic heterocycles. The van der Waals surface area contributed by atoms with Gasteiger partial charge in [0, 0.05) is 30.3 Å². The van der Waals surface area contributed by atoms with Gasteiger partial charge in [-0.25, -0.2) is 4.98 Å². The quantitative estimate of drug-likeness (QED) is 0.879. The number of methoxy groups -OCH3 is 1. The van der Waals surface area contributed by atoms with Crippen molar-refractivity contribution in [3.8, 4) is 5.75 Å². The summed E-state index contributed by atoms with van der Waals surface area (Å²) in [6, 6.07) is 7.63. The zero-order valence-electron chi connectivity index (χ0n) is 14.2. The first-order valence-corrected chi connectivity index (χ1v) is 8.71. The second-order valence-electron chi connectivity index (χ2n) is 7.08. The van der Waals surface area contributed by atoms with Crippen molar-refractivity contribution < 1.29 is 24.7 Å². The molecule has 6 heteroatoms. The molecule has 3 aliphatic rings. The van der Waals surface area contributed by atoms with Crippen LogP contribution >= 0.6 is 0 Å². The van der Waals surface area contributed by atoms with Gasteiger partial charge in [0.05, 0.1) is 24.5 Å². The number of piperidine rings is 3. The van der Waals surface area contributed by atoms with Crippen LogP contribution in [0.3, 0.4) is 0 Å². The molecule has 0 saturated carbocycles. The average Bonchev–Trinajstić information content (AvgIpc) is 2.66. The van der Waals surface area contributed by atoms with Crippen molar-refractivity contribution in [2.75, 3.05) is 20.2 Å². The van der Waals surface area contributed by atoms with Crippen LogP contribution in [0.4, 0.5) is 0 Å². The molecule has 1 aromatic carbocycles. The molecule has 0 amide bonds. The smallest absolute Gasteiger partial charge is 0.308 e. The number of nitrogens with zero attached hydrogens (tertiary/aromatic N) is 1. The zero-order chi connectivity index (χ0) is 17.6. The Bertz CT molecular complexity index is 809. The molecule has 4 heterocycles. The Morgan fingerprint density at radius 2 is 2.24 bits per heavy atom. The summed E-state index contributed by atoms with van der Waals surface area (Å²) in [7, 11) is 1.63. The van der Waals surface area contributed by atoms with Gasteiger partial charge in [-0.3, -0.25) is 9.69 Å². The van der Waals surface area contributed by atoms with E-state index < -0.39 is 12.1 Å². The molecule has 1 unspecified atom stereocenters. The van der Waals surface area contributed by atoms with Gasteiger partial charge in [0.15, 0.2) is 6.20 Å². The van der Waals surface area contributed by atoms with Crippen LogP contribution in [0.5, 0.6) is 5.75 Å². The second kappa shape index (κ2) is 6.28. The predicted octanol–water partition coefficient (Wildman–Crippen LogP) is 1.49. The number of carbonyl (C=O) groups is 1. The van der Waals surface area contributed by atoms with Crippen LogP contribution in [-0.4, -0.2) is 47.3 Å². The minimum absolute atomic E-state index is 0.0360. The van der Waals surface area contributed by atoms with Gasteiger partial charge in [-0.15, -0.1) is 0 Å². The van der Waals surface area contributed by atoms with E-state index in [1.165, 1.54) is 0 Å². The minimum Gasteiger partial charge on any atom is -0.497 e. The molecule has 2 bridgehead atoms. The third kappa shape index (κ3) is 2.75. The number of H-pyrrole nitrogens is 1. The molecule has 0 aliphatic carbocycles. The van der Waals surface area contributed by atoms with E-state index in [0.717, 1.165) is 41.6 Å². The number of ether oxygens (including phenoxy) is 1. The van der Waals surface area contributed by atoms with Crippen LogP contribution in [0, 0.1) is 11.8 Å². The minimum atomic E-state index is -0.716. The van der Waals surface area contributed by atoms with Crippen molar-refractivity contribution >= 4 is 16.9 Å². The highest BCUT2D eigenvalue weighted by atomic mass is 16.5. The van der Waals surface area contributed by atoms with Crippen LogP contribution < -0.4 is 9.72 Å². The van der Waals surface area contributed by atoms with E-state index in [-0.39, 0.29) is 17.9 Å². The topological polar surface area (TPSA) is 84.1 Å². The molecule has 25 heavy (non-hydrogen) atoms. The highest BCUT2D eigenvalue weighted by Gasteiger charge is 2.46. The number of rotatable bonds is 4. The summed E-state index contributed by atoms with van der Waals surface area (Å²) < 4.78 is 5.32. The predicted molar refractivity (Wildman–Crippen MR) is 91.2 cm³/mol. The number of carboxylic acid groups (broad SMARTS) is 1. The number of aliphatic hydroxyl groups is 1. The zero-order valence-corrected chi connectivity index (χ0v) is 14.2. The standard InChI is InChI=1S/C19H22N2O4/c1-25-12-2-3-16-14(9-12)13(4-6-20-16)18(22)17-8-11-5-7-21(17)10-15(11)19(23)24/h2-4,6,9,11,15,17-18,22H,5,7-8,10H2,1H3,(H,23,24)/p+1/t11-,15-,17-,18-/m0/s1. The summed E-state index contributed by atoms with van der Waals surface area (Å²) in [6.45, 7) is 1.39. The van der Waals surface area contributed by atoms with E-state index in [0.29, 0.717) is 6.54 Å². The largest absolute Gasteiger partial charge is 0.497 e. The summed E-state index contributed by atoms with van der Waals surface area (Å²) in [4.78, 5) is 16.8. The Morgan fingerprint density at radius 1 is 1.40 bits per heavy atom. The first kappa shape index (κ1) is 16.3. The van der Waals surface area contributed by atoms with Gasteiger partial charge in [-0.1, -0.05) is 0 Å². The lowest BCUT2D eigenvalue weighted by Gasteiger charge is -2.50. The van der Waals surface area contributed by atoms with Gasteiger partial charge < -0.3 is 14.9 Å². The Balaban J connectivity index is 1.67. The number of aliphatic carboxylic acids is 1. The lowest BCUT2D eigenvalue weighted by molar-refractivity contribution is -0.344. The van der Waals surface area contributed by atoms with E-state index in [1.807, 2.05) is 30.5 Å². The molecular weight excluding hydrogens is 320 g/mol. The second-order valence-corrected chi connectivity index (χ2v) is 7.08. The van der Waals surface area contributed by atoms with Gasteiger partial charge in [0.1, 0.15) is 5.75 Å². The number of aliphatic hydroxyl groups excluding tert-OH is 1.